The number of imidazole rings is 1. The molecule has 0 aliphatic rings. The number of benzene rings is 3. The van der Waals surface area contributed by atoms with Gasteiger partial charge >= 0.3 is 0 Å². The van der Waals surface area contributed by atoms with Gasteiger partial charge in [0.15, 0.2) is 11.7 Å². The first-order valence-electron chi connectivity index (χ1n) is 12.1. The maximum Gasteiger partial charge on any atom is 0.238 e. The molecule has 0 amide bonds. The van der Waals surface area contributed by atoms with E-state index in [1.165, 1.54) is 17.7 Å². The summed E-state index contributed by atoms with van der Waals surface area (Å²) in [6.07, 6.45) is 6.43. The second-order valence-electron chi connectivity index (χ2n) is 8.99. The van der Waals surface area contributed by atoms with E-state index < -0.39 is 10.0 Å². The second-order valence-corrected chi connectivity index (χ2v) is 10.5. The van der Waals surface area contributed by atoms with Gasteiger partial charge < -0.3 is 8.98 Å². The highest BCUT2D eigenvalue weighted by Crippen LogP contribution is 2.33. The van der Waals surface area contributed by atoms with E-state index in [0.29, 0.717) is 23.8 Å². The Morgan fingerprint density at radius 1 is 0.892 bits per heavy atom. The van der Waals surface area contributed by atoms with E-state index in [1.54, 1.807) is 12.1 Å². The molecular weight excluding hydrogens is 484 g/mol. The minimum Gasteiger partial charge on any atom is -0.440 e. The van der Waals surface area contributed by atoms with Crippen molar-refractivity contribution in [1.29, 1.82) is 0 Å². The molecule has 5 rings (SSSR count). The van der Waals surface area contributed by atoms with Crippen LogP contribution in [0.25, 0.3) is 22.6 Å². The van der Waals surface area contributed by atoms with Crippen molar-refractivity contribution in [2.75, 3.05) is 0 Å². The van der Waals surface area contributed by atoms with Crippen molar-refractivity contribution in [1.82, 2.24) is 14.5 Å². The number of nitrogens with zero attached hydrogens (tertiary/aromatic N) is 3. The molecule has 7 nitrogen and oxygen atoms in total. The highest BCUT2D eigenvalue weighted by atomic mass is 32.2. The molecule has 2 heterocycles. The quantitative estimate of drug-likeness (QED) is 0.285. The van der Waals surface area contributed by atoms with Crippen LogP contribution in [0.2, 0.25) is 0 Å². The van der Waals surface area contributed by atoms with Gasteiger partial charge in [0.2, 0.25) is 10.0 Å². The third-order valence-corrected chi connectivity index (χ3v) is 7.26. The van der Waals surface area contributed by atoms with Crippen LogP contribution in [0.5, 0.6) is 0 Å². The maximum absolute atomic E-state index is 11.7. The average Bonchev–Trinajstić information content (AvgIpc) is 3.51. The predicted octanol–water partition coefficient (Wildman–Crippen LogP) is 5.38. The van der Waals surface area contributed by atoms with Crippen molar-refractivity contribution >= 4 is 10.0 Å². The summed E-state index contributed by atoms with van der Waals surface area (Å²) in [4.78, 5) is 9.14. The lowest BCUT2D eigenvalue weighted by molar-refractivity contribution is 0.519. The summed E-state index contributed by atoms with van der Waals surface area (Å²) < 4.78 is 31.7. The molecule has 0 fully saturated rings. The summed E-state index contributed by atoms with van der Waals surface area (Å²) in [7, 11) is -3.77. The van der Waals surface area contributed by atoms with Gasteiger partial charge in [0.05, 0.1) is 4.90 Å². The largest absolute Gasteiger partial charge is 0.440 e. The summed E-state index contributed by atoms with van der Waals surface area (Å²) in [5.74, 6) is 2.22. The van der Waals surface area contributed by atoms with E-state index in [0.717, 1.165) is 41.9 Å². The van der Waals surface area contributed by atoms with E-state index in [2.05, 4.69) is 33.8 Å². The van der Waals surface area contributed by atoms with Gasteiger partial charge in [-0.3, -0.25) is 0 Å². The fraction of sp³-hybridized carbons (Fsp3) is 0.172. The molecule has 0 atom stereocenters. The van der Waals surface area contributed by atoms with E-state index in [4.69, 9.17) is 14.5 Å². The second kappa shape index (κ2) is 10.5. The lowest BCUT2D eigenvalue weighted by atomic mass is 10.1. The predicted molar refractivity (Wildman–Crippen MR) is 143 cm³/mol. The molecule has 2 N–H and O–H groups in total. The van der Waals surface area contributed by atoms with Crippen LogP contribution in [0, 0.1) is 6.92 Å². The average molecular weight is 513 g/mol. The highest BCUT2D eigenvalue weighted by molar-refractivity contribution is 7.89. The maximum atomic E-state index is 11.7. The summed E-state index contributed by atoms with van der Waals surface area (Å²) in [5, 5.41) is 5.25. The molecule has 0 bridgehead atoms. The van der Waals surface area contributed by atoms with Crippen LogP contribution in [-0.2, 0) is 29.4 Å². The van der Waals surface area contributed by atoms with Gasteiger partial charge in [0, 0.05) is 36.5 Å². The molecule has 37 heavy (non-hydrogen) atoms. The van der Waals surface area contributed by atoms with Crippen LogP contribution in [0.1, 0.15) is 29.3 Å². The molecule has 188 valence electrons. The molecule has 0 saturated heterocycles. The highest BCUT2D eigenvalue weighted by Gasteiger charge is 2.18. The van der Waals surface area contributed by atoms with Crippen molar-refractivity contribution in [3.8, 4) is 22.6 Å². The SMILES string of the molecule is Cc1nccn1CCCc1ccc(Cc2nc(-c3ccccc3)c(-c3ccc(S(N)(=O)=O)cc3)o2)cc1. The third-order valence-electron chi connectivity index (χ3n) is 6.33. The molecule has 0 aliphatic heterocycles. The van der Waals surface area contributed by atoms with Gasteiger partial charge in [-0.2, -0.15) is 0 Å². The fourth-order valence-electron chi connectivity index (χ4n) is 4.32. The number of nitrogens with two attached hydrogens (primary N) is 1. The standard InChI is InChI=1S/C29H28N4O3S/c1-21-31-17-19-33(21)18-5-6-22-9-11-23(12-10-22)20-27-32-28(24-7-3-2-4-8-24)29(36-27)25-13-15-26(16-14-25)37(30,34)35/h2-4,7-17,19H,5-6,18,20H2,1H3,(H2,30,34,35). The van der Waals surface area contributed by atoms with Crippen molar-refractivity contribution in [2.45, 2.75) is 37.6 Å². The number of hydrogen-bond acceptors (Lipinski definition) is 5. The molecule has 8 heteroatoms. The molecular formula is C29H28N4O3S. The van der Waals surface area contributed by atoms with E-state index >= 15 is 0 Å². The molecule has 0 aliphatic carbocycles. The smallest absolute Gasteiger partial charge is 0.238 e. The van der Waals surface area contributed by atoms with Crippen molar-refractivity contribution < 1.29 is 12.8 Å². The minimum atomic E-state index is -3.77. The van der Waals surface area contributed by atoms with Crippen LogP contribution in [0.3, 0.4) is 0 Å². The van der Waals surface area contributed by atoms with Crippen molar-refractivity contribution in [3.05, 3.63) is 114 Å². The number of aryl methyl sites for hydroxylation is 3. The Labute approximate surface area is 216 Å². The lowest BCUT2D eigenvalue weighted by Crippen LogP contribution is -2.11. The molecule has 0 radical (unpaired) electrons. The van der Waals surface area contributed by atoms with E-state index in [1.807, 2.05) is 49.6 Å². The number of sulfonamides is 1. The molecule has 0 unspecified atom stereocenters. The Hall–Kier alpha value is -4.01. The Balaban J connectivity index is 1.34. The van der Waals surface area contributed by atoms with Gasteiger partial charge in [-0.25, -0.2) is 23.5 Å². The topological polar surface area (TPSA) is 104 Å². The summed E-state index contributed by atoms with van der Waals surface area (Å²) in [5.41, 5.74) is 4.76. The zero-order chi connectivity index (χ0) is 25.8. The number of primary sulfonamides is 1. The Morgan fingerprint density at radius 3 is 2.24 bits per heavy atom. The normalized spacial score (nSPS) is 11.6. The van der Waals surface area contributed by atoms with Crippen LogP contribution < -0.4 is 5.14 Å². The summed E-state index contributed by atoms with van der Waals surface area (Å²) in [6, 6.07) is 24.7. The van der Waals surface area contributed by atoms with E-state index in [-0.39, 0.29) is 4.90 Å². The first-order chi connectivity index (χ1) is 17.9. The number of rotatable bonds is 9. The first kappa shape index (κ1) is 24.7. The van der Waals surface area contributed by atoms with Crippen LogP contribution in [0.15, 0.2) is 101 Å². The lowest BCUT2D eigenvalue weighted by Gasteiger charge is -2.06. The first-order valence-corrected chi connectivity index (χ1v) is 13.7. The zero-order valence-electron chi connectivity index (χ0n) is 20.5. The third kappa shape index (κ3) is 5.87. The Kier molecular flexibility index (Phi) is 7.03. The van der Waals surface area contributed by atoms with Gasteiger partial charge in [-0.05, 0) is 55.2 Å². The summed E-state index contributed by atoms with van der Waals surface area (Å²) >= 11 is 0. The van der Waals surface area contributed by atoms with E-state index in [9.17, 15) is 8.42 Å². The molecule has 2 aromatic heterocycles. The van der Waals surface area contributed by atoms with Gasteiger partial charge in [-0.1, -0.05) is 54.6 Å². The van der Waals surface area contributed by atoms with Crippen molar-refractivity contribution in [2.24, 2.45) is 5.14 Å². The van der Waals surface area contributed by atoms with Crippen LogP contribution >= 0.6 is 0 Å². The molecule has 0 spiro atoms. The number of aromatic nitrogens is 3. The monoisotopic (exact) mass is 512 g/mol. The Morgan fingerprint density at radius 2 is 1.59 bits per heavy atom. The molecule has 0 saturated carbocycles. The minimum absolute atomic E-state index is 0.0532. The summed E-state index contributed by atoms with van der Waals surface area (Å²) in [6.45, 7) is 2.97. The fourth-order valence-corrected chi connectivity index (χ4v) is 4.83. The zero-order valence-corrected chi connectivity index (χ0v) is 21.4. The van der Waals surface area contributed by atoms with Crippen molar-refractivity contribution in [3.63, 3.8) is 0 Å². The Bertz CT molecular complexity index is 1590. The van der Waals surface area contributed by atoms with Gasteiger partial charge in [0.25, 0.3) is 0 Å². The van der Waals surface area contributed by atoms with Crippen LogP contribution in [-0.4, -0.2) is 23.0 Å². The van der Waals surface area contributed by atoms with Gasteiger partial charge in [-0.15, -0.1) is 0 Å². The molecule has 3 aromatic carbocycles. The number of oxazole rings is 1. The number of hydrogen-bond donors (Lipinski definition) is 1. The van der Waals surface area contributed by atoms with Gasteiger partial charge in [0.1, 0.15) is 11.5 Å². The molecule has 5 aromatic rings. The van der Waals surface area contributed by atoms with Crippen LogP contribution in [0.4, 0.5) is 0 Å².